The Hall–Kier alpha value is -0.650. The fourth-order valence-electron chi connectivity index (χ4n) is 2.31. The number of rotatable bonds is 7. The summed E-state index contributed by atoms with van der Waals surface area (Å²) in [6.07, 6.45) is 3.26. The highest BCUT2D eigenvalue weighted by Crippen LogP contribution is 2.20. The first-order valence-corrected chi connectivity index (χ1v) is 6.77. The van der Waals surface area contributed by atoms with E-state index in [2.05, 4.69) is 4.90 Å². The van der Waals surface area contributed by atoms with Crippen LogP contribution in [0.5, 0.6) is 0 Å². The van der Waals surface area contributed by atoms with E-state index < -0.39 is 11.6 Å². The molecule has 0 saturated carbocycles. The summed E-state index contributed by atoms with van der Waals surface area (Å²) in [5.41, 5.74) is -0.589. The number of hydrogen-bond donors (Lipinski definition) is 2. The van der Waals surface area contributed by atoms with Crippen LogP contribution in [-0.4, -0.2) is 59.0 Å². The lowest BCUT2D eigenvalue weighted by Crippen LogP contribution is -2.46. The van der Waals surface area contributed by atoms with Gasteiger partial charge >= 0.3 is 5.97 Å². The van der Waals surface area contributed by atoms with E-state index in [0.717, 1.165) is 38.8 Å². The van der Waals surface area contributed by atoms with Gasteiger partial charge < -0.3 is 19.8 Å². The molecule has 5 heteroatoms. The first kappa shape index (κ1) is 15.4. The van der Waals surface area contributed by atoms with Crippen molar-refractivity contribution in [1.82, 2.24) is 4.90 Å². The topological polar surface area (TPSA) is 70.0 Å². The van der Waals surface area contributed by atoms with E-state index in [0.29, 0.717) is 6.54 Å². The predicted octanol–water partition coefficient (Wildman–Crippen LogP) is 1.10. The van der Waals surface area contributed by atoms with E-state index in [9.17, 15) is 9.90 Å². The molecular weight excluding hydrogens is 234 g/mol. The molecule has 18 heavy (non-hydrogen) atoms. The second-order valence-electron chi connectivity index (χ2n) is 5.11. The summed E-state index contributed by atoms with van der Waals surface area (Å²) < 4.78 is 5.29. The normalized spacial score (nSPS) is 19.1. The summed E-state index contributed by atoms with van der Waals surface area (Å²) in [6, 6.07) is 0. The molecule has 0 spiro atoms. The van der Waals surface area contributed by atoms with E-state index in [1.165, 1.54) is 0 Å². The van der Waals surface area contributed by atoms with Crippen LogP contribution in [0.3, 0.4) is 0 Å². The van der Waals surface area contributed by atoms with E-state index in [1.807, 2.05) is 13.8 Å². The molecule has 0 amide bonds. The van der Waals surface area contributed by atoms with Gasteiger partial charge in [-0.2, -0.15) is 0 Å². The van der Waals surface area contributed by atoms with Gasteiger partial charge in [-0.05, 0) is 25.7 Å². The maximum Gasteiger partial charge on any atom is 0.329 e. The lowest BCUT2D eigenvalue weighted by molar-refractivity contribution is -0.145. The lowest BCUT2D eigenvalue weighted by atomic mass is 9.95. The zero-order valence-corrected chi connectivity index (χ0v) is 11.4. The fraction of sp³-hybridized carbons (Fsp3) is 0.923. The highest BCUT2D eigenvalue weighted by Gasteiger charge is 2.28. The van der Waals surface area contributed by atoms with E-state index in [1.54, 1.807) is 0 Å². The third-order valence-electron chi connectivity index (χ3n) is 3.81. The number of aliphatic hydroxyl groups is 1. The van der Waals surface area contributed by atoms with Crippen molar-refractivity contribution >= 4 is 5.97 Å². The molecule has 5 nitrogen and oxygen atoms in total. The van der Waals surface area contributed by atoms with Gasteiger partial charge in [-0.3, -0.25) is 0 Å². The summed E-state index contributed by atoms with van der Waals surface area (Å²) in [5.74, 6) is -0.913. The SMILES string of the molecule is CCC(O)(CC)CN1CCC(OCC(=O)O)CC1. The van der Waals surface area contributed by atoms with Crippen molar-refractivity contribution in [3.05, 3.63) is 0 Å². The minimum atomic E-state index is -0.913. The van der Waals surface area contributed by atoms with Gasteiger partial charge in [0.1, 0.15) is 6.61 Å². The van der Waals surface area contributed by atoms with Crippen LogP contribution in [-0.2, 0) is 9.53 Å². The highest BCUT2D eigenvalue weighted by atomic mass is 16.5. The molecule has 0 aliphatic carbocycles. The molecule has 1 saturated heterocycles. The molecule has 1 aliphatic heterocycles. The number of likely N-dealkylation sites (tertiary alicyclic amines) is 1. The van der Waals surface area contributed by atoms with Crippen LogP contribution in [0.2, 0.25) is 0 Å². The third-order valence-corrected chi connectivity index (χ3v) is 3.81. The monoisotopic (exact) mass is 259 g/mol. The Morgan fingerprint density at radius 2 is 1.89 bits per heavy atom. The quantitative estimate of drug-likeness (QED) is 0.716. The van der Waals surface area contributed by atoms with E-state index in [-0.39, 0.29) is 12.7 Å². The second kappa shape index (κ2) is 7.07. The summed E-state index contributed by atoms with van der Waals surface area (Å²) >= 11 is 0. The molecule has 0 bridgehead atoms. The molecule has 0 radical (unpaired) electrons. The number of piperidine rings is 1. The fourth-order valence-corrected chi connectivity index (χ4v) is 2.31. The molecule has 0 aromatic heterocycles. The van der Waals surface area contributed by atoms with Crippen molar-refractivity contribution < 1.29 is 19.7 Å². The molecule has 0 aromatic rings. The zero-order chi connectivity index (χ0) is 13.6. The zero-order valence-electron chi connectivity index (χ0n) is 11.4. The number of β-amino-alcohol motifs (C(OH)–C–C–N with tert-alkyl or cyclic N) is 1. The number of carboxylic acids is 1. The molecule has 1 fully saturated rings. The van der Waals surface area contributed by atoms with Gasteiger partial charge in [-0.15, -0.1) is 0 Å². The van der Waals surface area contributed by atoms with Crippen LogP contribution in [0.1, 0.15) is 39.5 Å². The van der Waals surface area contributed by atoms with Gasteiger partial charge in [0.15, 0.2) is 0 Å². The summed E-state index contributed by atoms with van der Waals surface area (Å²) in [5, 5.41) is 18.8. The van der Waals surface area contributed by atoms with Crippen molar-refractivity contribution in [3.8, 4) is 0 Å². The van der Waals surface area contributed by atoms with Crippen molar-refractivity contribution in [3.63, 3.8) is 0 Å². The van der Waals surface area contributed by atoms with Crippen LogP contribution in [0.25, 0.3) is 0 Å². The van der Waals surface area contributed by atoms with Gasteiger partial charge in [-0.25, -0.2) is 4.79 Å². The van der Waals surface area contributed by atoms with Crippen LogP contribution in [0, 0.1) is 0 Å². The largest absolute Gasteiger partial charge is 0.480 e. The van der Waals surface area contributed by atoms with E-state index in [4.69, 9.17) is 9.84 Å². The summed E-state index contributed by atoms with van der Waals surface area (Å²) in [7, 11) is 0. The number of nitrogens with zero attached hydrogens (tertiary/aromatic N) is 1. The molecule has 1 aliphatic rings. The van der Waals surface area contributed by atoms with Gasteiger partial charge in [0.25, 0.3) is 0 Å². The second-order valence-corrected chi connectivity index (χ2v) is 5.11. The van der Waals surface area contributed by atoms with Crippen molar-refractivity contribution in [2.75, 3.05) is 26.2 Å². The first-order valence-electron chi connectivity index (χ1n) is 6.77. The average molecular weight is 259 g/mol. The Bertz CT molecular complexity index is 258. The molecular formula is C13H25NO4. The smallest absolute Gasteiger partial charge is 0.329 e. The Morgan fingerprint density at radius 1 is 1.33 bits per heavy atom. The number of ether oxygens (including phenoxy) is 1. The van der Waals surface area contributed by atoms with Crippen LogP contribution < -0.4 is 0 Å². The summed E-state index contributed by atoms with van der Waals surface area (Å²) in [6.45, 7) is 6.24. The molecule has 2 N–H and O–H groups in total. The minimum absolute atomic E-state index is 0.0497. The highest BCUT2D eigenvalue weighted by molar-refractivity contribution is 5.68. The maximum atomic E-state index is 10.4. The van der Waals surface area contributed by atoms with Crippen LogP contribution in [0.15, 0.2) is 0 Å². The molecule has 0 aromatic carbocycles. The Kier molecular flexibility index (Phi) is 6.05. The standard InChI is InChI=1S/C13H25NO4/c1-3-13(17,4-2)10-14-7-5-11(6-8-14)18-9-12(15)16/h11,17H,3-10H2,1-2H3,(H,15,16). The molecule has 0 unspecified atom stereocenters. The average Bonchev–Trinajstić information content (AvgIpc) is 2.37. The number of hydrogen-bond acceptors (Lipinski definition) is 4. The molecule has 0 atom stereocenters. The van der Waals surface area contributed by atoms with Gasteiger partial charge in [0.2, 0.25) is 0 Å². The third kappa shape index (κ3) is 4.92. The number of aliphatic carboxylic acids is 1. The van der Waals surface area contributed by atoms with Gasteiger partial charge in [-0.1, -0.05) is 13.8 Å². The Balaban J connectivity index is 2.28. The first-order chi connectivity index (χ1) is 8.49. The van der Waals surface area contributed by atoms with Gasteiger partial charge in [0.05, 0.1) is 11.7 Å². The minimum Gasteiger partial charge on any atom is -0.480 e. The summed E-state index contributed by atoms with van der Waals surface area (Å²) in [4.78, 5) is 12.6. The number of carbonyl (C=O) groups is 1. The Labute approximate surface area is 109 Å². The van der Waals surface area contributed by atoms with E-state index >= 15 is 0 Å². The van der Waals surface area contributed by atoms with Crippen molar-refractivity contribution in [1.29, 1.82) is 0 Å². The predicted molar refractivity (Wildman–Crippen MR) is 68.6 cm³/mol. The van der Waals surface area contributed by atoms with Crippen LogP contribution in [0.4, 0.5) is 0 Å². The molecule has 1 heterocycles. The lowest BCUT2D eigenvalue weighted by Gasteiger charge is -2.37. The van der Waals surface area contributed by atoms with Crippen molar-refractivity contribution in [2.45, 2.75) is 51.2 Å². The van der Waals surface area contributed by atoms with Crippen LogP contribution >= 0.6 is 0 Å². The van der Waals surface area contributed by atoms with Crippen molar-refractivity contribution in [2.24, 2.45) is 0 Å². The van der Waals surface area contributed by atoms with Gasteiger partial charge in [0, 0.05) is 19.6 Å². The Morgan fingerprint density at radius 3 is 2.33 bits per heavy atom. The molecule has 1 rings (SSSR count). The maximum absolute atomic E-state index is 10.4. The number of carboxylic acid groups (broad SMARTS) is 1. The molecule has 106 valence electrons.